The van der Waals surface area contributed by atoms with Crippen molar-refractivity contribution in [3.05, 3.63) is 71.8 Å². The SMILES string of the molecule is CC(C)C[C@H](Cc1ccccc1)C(=O)N1C(=O)OC(C)(C)[C@@H]1Cc1ccccc1. The molecule has 0 radical (unpaired) electrons. The van der Waals surface area contributed by atoms with E-state index in [1.54, 1.807) is 0 Å². The highest BCUT2D eigenvalue weighted by atomic mass is 16.6. The van der Waals surface area contributed by atoms with Crippen LogP contribution in [0.25, 0.3) is 0 Å². The van der Waals surface area contributed by atoms with Crippen LogP contribution in [0.2, 0.25) is 0 Å². The van der Waals surface area contributed by atoms with Crippen LogP contribution >= 0.6 is 0 Å². The van der Waals surface area contributed by atoms with E-state index in [0.717, 1.165) is 17.5 Å². The zero-order valence-corrected chi connectivity index (χ0v) is 17.8. The minimum absolute atomic E-state index is 0.126. The van der Waals surface area contributed by atoms with E-state index in [9.17, 15) is 9.59 Å². The van der Waals surface area contributed by atoms with Crippen molar-refractivity contribution in [2.75, 3.05) is 0 Å². The van der Waals surface area contributed by atoms with Crippen LogP contribution in [-0.2, 0) is 22.4 Å². The third-order valence-corrected chi connectivity index (χ3v) is 5.60. The first kappa shape index (κ1) is 21.1. The topological polar surface area (TPSA) is 46.6 Å². The van der Waals surface area contributed by atoms with Crippen LogP contribution in [0.15, 0.2) is 60.7 Å². The normalized spacial score (nSPS) is 19.3. The van der Waals surface area contributed by atoms with Crippen molar-refractivity contribution < 1.29 is 14.3 Å². The molecular formula is C25H31NO3. The fraction of sp³-hybridized carbons (Fsp3) is 0.440. The molecule has 2 aromatic carbocycles. The van der Waals surface area contributed by atoms with Crippen LogP contribution in [0.3, 0.4) is 0 Å². The van der Waals surface area contributed by atoms with Gasteiger partial charge in [0, 0.05) is 5.92 Å². The Morgan fingerprint density at radius 2 is 1.55 bits per heavy atom. The molecule has 4 nitrogen and oxygen atoms in total. The summed E-state index contributed by atoms with van der Waals surface area (Å²) in [5.41, 5.74) is 1.47. The average Bonchev–Trinajstić information content (AvgIpc) is 2.90. The quantitative estimate of drug-likeness (QED) is 0.645. The molecule has 4 heteroatoms. The number of nitrogens with zero attached hydrogens (tertiary/aromatic N) is 1. The predicted molar refractivity (Wildman–Crippen MR) is 114 cm³/mol. The number of cyclic esters (lactones) is 1. The van der Waals surface area contributed by atoms with Crippen molar-refractivity contribution in [3.63, 3.8) is 0 Å². The molecule has 1 fully saturated rings. The summed E-state index contributed by atoms with van der Waals surface area (Å²) >= 11 is 0. The summed E-state index contributed by atoms with van der Waals surface area (Å²) in [6.07, 6.45) is 1.42. The molecule has 1 aliphatic heterocycles. The second kappa shape index (κ2) is 8.81. The zero-order valence-electron chi connectivity index (χ0n) is 17.8. The number of ether oxygens (including phenoxy) is 1. The highest BCUT2D eigenvalue weighted by Crippen LogP contribution is 2.34. The third kappa shape index (κ3) is 5.06. The van der Waals surface area contributed by atoms with Gasteiger partial charge < -0.3 is 4.74 Å². The van der Waals surface area contributed by atoms with E-state index in [4.69, 9.17) is 4.74 Å². The molecule has 0 saturated carbocycles. The Balaban J connectivity index is 1.88. The lowest BCUT2D eigenvalue weighted by Crippen LogP contribution is -2.48. The Morgan fingerprint density at radius 1 is 1.00 bits per heavy atom. The van der Waals surface area contributed by atoms with Crippen LogP contribution in [0.4, 0.5) is 4.79 Å². The second-order valence-corrected chi connectivity index (χ2v) is 8.90. The average molecular weight is 394 g/mol. The summed E-state index contributed by atoms with van der Waals surface area (Å²) in [7, 11) is 0. The summed E-state index contributed by atoms with van der Waals surface area (Å²) in [5.74, 6) is -0.0250. The molecule has 3 rings (SSSR count). The van der Waals surface area contributed by atoms with E-state index in [1.165, 1.54) is 4.90 Å². The molecule has 0 unspecified atom stereocenters. The Bertz CT molecular complexity index is 830. The highest BCUT2D eigenvalue weighted by Gasteiger charge is 2.51. The Kier molecular flexibility index (Phi) is 6.41. The molecule has 1 heterocycles. The Morgan fingerprint density at radius 3 is 2.10 bits per heavy atom. The first-order valence-electron chi connectivity index (χ1n) is 10.4. The van der Waals surface area contributed by atoms with Gasteiger partial charge in [-0.15, -0.1) is 0 Å². The summed E-state index contributed by atoms with van der Waals surface area (Å²) in [5, 5.41) is 0. The summed E-state index contributed by atoms with van der Waals surface area (Å²) in [6.45, 7) is 8.00. The monoisotopic (exact) mass is 393 g/mol. The Hall–Kier alpha value is -2.62. The number of rotatable bonds is 7. The number of hydrogen-bond acceptors (Lipinski definition) is 3. The minimum Gasteiger partial charge on any atom is -0.441 e. The van der Waals surface area contributed by atoms with Gasteiger partial charge in [-0.05, 0) is 50.2 Å². The summed E-state index contributed by atoms with van der Waals surface area (Å²) in [6, 6.07) is 19.7. The second-order valence-electron chi connectivity index (χ2n) is 8.90. The van der Waals surface area contributed by atoms with Gasteiger partial charge >= 0.3 is 6.09 Å². The number of imide groups is 1. The van der Waals surface area contributed by atoms with Crippen LogP contribution in [-0.4, -0.2) is 28.5 Å². The first-order chi connectivity index (χ1) is 13.8. The molecule has 0 bridgehead atoms. The zero-order chi connectivity index (χ0) is 21.0. The van der Waals surface area contributed by atoms with Crippen molar-refractivity contribution in [1.82, 2.24) is 4.90 Å². The van der Waals surface area contributed by atoms with Crippen molar-refractivity contribution in [2.24, 2.45) is 11.8 Å². The van der Waals surface area contributed by atoms with E-state index in [-0.39, 0.29) is 17.9 Å². The summed E-state index contributed by atoms with van der Waals surface area (Å²) in [4.78, 5) is 27.8. The predicted octanol–water partition coefficient (Wildman–Crippen LogP) is 5.26. The lowest BCUT2D eigenvalue weighted by molar-refractivity contribution is -0.134. The van der Waals surface area contributed by atoms with Gasteiger partial charge in [0.05, 0.1) is 6.04 Å². The maximum absolute atomic E-state index is 13.6. The number of hydrogen-bond donors (Lipinski definition) is 0. The van der Waals surface area contributed by atoms with E-state index >= 15 is 0 Å². The van der Waals surface area contributed by atoms with E-state index in [1.807, 2.05) is 74.5 Å². The van der Waals surface area contributed by atoms with Gasteiger partial charge in [0.2, 0.25) is 5.91 Å². The van der Waals surface area contributed by atoms with Crippen molar-refractivity contribution in [3.8, 4) is 0 Å². The van der Waals surface area contributed by atoms with E-state index in [0.29, 0.717) is 18.8 Å². The maximum atomic E-state index is 13.6. The lowest BCUT2D eigenvalue weighted by atomic mass is 9.87. The standard InChI is InChI=1S/C25H31NO3/c1-18(2)15-21(16-19-11-7-5-8-12-19)23(27)26-22(25(3,4)29-24(26)28)17-20-13-9-6-10-14-20/h5-14,18,21-22H,15-17H2,1-4H3/t21-,22+/m1/s1. The molecule has 1 saturated heterocycles. The smallest absolute Gasteiger partial charge is 0.417 e. The van der Waals surface area contributed by atoms with Gasteiger partial charge in [0.1, 0.15) is 5.60 Å². The largest absolute Gasteiger partial charge is 0.441 e. The number of amides is 2. The molecule has 29 heavy (non-hydrogen) atoms. The van der Waals surface area contributed by atoms with Gasteiger partial charge in [-0.3, -0.25) is 4.79 Å². The molecule has 2 aromatic rings. The maximum Gasteiger partial charge on any atom is 0.417 e. The third-order valence-electron chi connectivity index (χ3n) is 5.60. The van der Waals surface area contributed by atoms with E-state index in [2.05, 4.69) is 13.8 Å². The number of benzene rings is 2. The molecule has 1 aliphatic rings. The van der Waals surface area contributed by atoms with Crippen LogP contribution in [0.1, 0.15) is 45.2 Å². The van der Waals surface area contributed by atoms with E-state index < -0.39 is 11.7 Å². The highest BCUT2D eigenvalue weighted by molar-refractivity contribution is 5.95. The van der Waals surface area contributed by atoms with Gasteiger partial charge in [-0.25, -0.2) is 9.69 Å². The molecule has 0 aliphatic carbocycles. The lowest BCUT2D eigenvalue weighted by Gasteiger charge is -2.30. The Labute approximate surface area is 173 Å². The van der Waals surface area contributed by atoms with Crippen molar-refractivity contribution in [1.29, 1.82) is 0 Å². The van der Waals surface area contributed by atoms with Crippen LogP contribution < -0.4 is 0 Å². The molecule has 154 valence electrons. The van der Waals surface area contributed by atoms with Crippen molar-refractivity contribution in [2.45, 2.75) is 58.6 Å². The molecular weight excluding hydrogens is 362 g/mol. The molecule has 2 atom stereocenters. The fourth-order valence-electron chi connectivity index (χ4n) is 4.13. The minimum atomic E-state index is -0.724. The molecule has 0 aromatic heterocycles. The van der Waals surface area contributed by atoms with Crippen LogP contribution in [0, 0.1) is 11.8 Å². The fourth-order valence-corrected chi connectivity index (χ4v) is 4.13. The van der Waals surface area contributed by atoms with Crippen molar-refractivity contribution >= 4 is 12.0 Å². The van der Waals surface area contributed by atoms with Gasteiger partial charge in [-0.2, -0.15) is 0 Å². The van der Waals surface area contributed by atoms with Gasteiger partial charge in [-0.1, -0.05) is 74.5 Å². The number of carbonyl (C=O) groups excluding carboxylic acids is 2. The van der Waals surface area contributed by atoms with Crippen LogP contribution in [0.5, 0.6) is 0 Å². The molecule has 0 N–H and O–H groups in total. The first-order valence-corrected chi connectivity index (χ1v) is 10.4. The van der Waals surface area contributed by atoms with Gasteiger partial charge in [0.15, 0.2) is 0 Å². The van der Waals surface area contributed by atoms with Gasteiger partial charge in [0.25, 0.3) is 0 Å². The summed E-state index contributed by atoms with van der Waals surface area (Å²) < 4.78 is 5.64. The molecule has 2 amide bonds. The molecule has 0 spiro atoms. The number of carbonyl (C=O) groups is 2.